The van der Waals surface area contributed by atoms with Crippen molar-refractivity contribution in [3.8, 4) is 11.4 Å². The molecule has 3 nitrogen and oxygen atoms in total. The van der Waals surface area contributed by atoms with Gasteiger partial charge in [0.25, 0.3) is 0 Å². The van der Waals surface area contributed by atoms with Crippen LogP contribution in [0.5, 0.6) is 0 Å². The van der Waals surface area contributed by atoms with Gasteiger partial charge in [0.05, 0.1) is 0 Å². The molecule has 1 N–H and O–H groups in total. The third kappa shape index (κ3) is 2.62. The molecule has 2 aromatic rings. The van der Waals surface area contributed by atoms with Crippen LogP contribution in [0.25, 0.3) is 11.4 Å². The van der Waals surface area contributed by atoms with Crippen LogP contribution in [0.2, 0.25) is 0 Å². The molecule has 1 aliphatic carbocycles. The van der Waals surface area contributed by atoms with Gasteiger partial charge >= 0.3 is 0 Å². The van der Waals surface area contributed by atoms with Gasteiger partial charge in [0.2, 0.25) is 0 Å². The van der Waals surface area contributed by atoms with Crippen LogP contribution >= 0.6 is 0 Å². The van der Waals surface area contributed by atoms with Crippen LogP contribution < -0.4 is 0 Å². The second kappa shape index (κ2) is 5.04. The summed E-state index contributed by atoms with van der Waals surface area (Å²) in [5.41, 5.74) is 2.62. The van der Waals surface area contributed by atoms with E-state index in [0.29, 0.717) is 5.92 Å². The van der Waals surface area contributed by atoms with E-state index < -0.39 is 0 Å². The highest BCUT2D eigenvalue weighted by atomic mass is 15.2. The number of benzene rings is 1. The fraction of sp³-hybridized carbons (Fsp3) is 0.529. The van der Waals surface area contributed by atoms with Crippen molar-refractivity contribution in [3.05, 3.63) is 35.7 Å². The first-order valence-corrected chi connectivity index (χ1v) is 7.57. The molecule has 3 heteroatoms. The molecule has 0 unspecified atom stereocenters. The summed E-state index contributed by atoms with van der Waals surface area (Å²) < 4.78 is 0. The molecule has 1 saturated carbocycles. The minimum atomic E-state index is 0.187. The summed E-state index contributed by atoms with van der Waals surface area (Å²) in [4.78, 5) is 4.69. The SMILES string of the molecule is CC(C)(C)c1ccc(-c2n[nH]c(C3CCCC3)n2)cc1. The Morgan fingerprint density at radius 1 is 1.05 bits per heavy atom. The standard InChI is InChI=1S/C17H23N3/c1-17(2,3)14-10-8-13(9-11-14)16-18-15(19-20-16)12-6-4-5-7-12/h8-12H,4-7H2,1-3H3,(H,18,19,20). The number of nitrogens with zero attached hydrogens (tertiary/aromatic N) is 2. The number of hydrogen-bond donors (Lipinski definition) is 1. The maximum Gasteiger partial charge on any atom is 0.181 e. The van der Waals surface area contributed by atoms with Crippen LogP contribution in [-0.2, 0) is 5.41 Å². The lowest BCUT2D eigenvalue weighted by molar-refractivity contribution is 0.590. The Morgan fingerprint density at radius 2 is 1.70 bits per heavy atom. The Hall–Kier alpha value is -1.64. The highest BCUT2D eigenvalue weighted by Crippen LogP contribution is 2.33. The van der Waals surface area contributed by atoms with Gasteiger partial charge in [0.15, 0.2) is 5.82 Å². The van der Waals surface area contributed by atoms with Gasteiger partial charge in [-0.3, -0.25) is 5.10 Å². The lowest BCUT2D eigenvalue weighted by Gasteiger charge is -2.18. The van der Waals surface area contributed by atoms with Crippen molar-refractivity contribution >= 4 is 0 Å². The van der Waals surface area contributed by atoms with Crippen LogP contribution in [0.15, 0.2) is 24.3 Å². The van der Waals surface area contributed by atoms with Crippen LogP contribution in [0.1, 0.15) is 63.8 Å². The monoisotopic (exact) mass is 269 g/mol. The van der Waals surface area contributed by atoms with Gasteiger partial charge in [-0.2, -0.15) is 5.10 Å². The summed E-state index contributed by atoms with van der Waals surface area (Å²) in [6.45, 7) is 6.69. The summed E-state index contributed by atoms with van der Waals surface area (Å²) in [5.74, 6) is 2.48. The number of hydrogen-bond acceptors (Lipinski definition) is 2. The molecule has 0 aliphatic heterocycles. The summed E-state index contributed by atoms with van der Waals surface area (Å²) in [5, 5.41) is 7.52. The Morgan fingerprint density at radius 3 is 2.30 bits per heavy atom. The van der Waals surface area contributed by atoms with Gasteiger partial charge < -0.3 is 0 Å². The van der Waals surface area contributed by atoms with Crippen LogP contribution in [0, 0.1) is 0 Å². The van der Waals surface area contributed by atoms with Crippen molar-refractivity contribution in [3.63, 3.8) is 0 Å². The van der Waals surface area contributed by atoms with E-state index in [2.05, 4.69) is 60.2 Å². The molecule has 0 saturated heterocycles. The van der Waals surface area contributed by atoms with Gasteiger partial charge in [-0.25, -0.2) is 4.98 Å². The van der Waals surface area contributed by atoms with Crippen molar-refractivity contribution in [2.24, 2.45) is 0 Å². The van der Waals surface area contributed by atoms with E-state index in [9.17, 15) is 0 Å². The quantitative estimate of drug-likeness (QED) is 0.876. The maximum absolute atomic E-state index is 4.69. The molecule has 1 aliphatic rings. The minimum Gasteiger partial charge on any atom is -0.262 e. The molecule has 1 heterocycles. The molecule has 3 rings (SSSR count). The summed E-state index contributed by atoms with van der Waals surface area (Å²) >= 11 is 0. The van der Waals surface area contributed by atoms with Gasteiger partial charge in [-0.15, -0.1) is 0 Å². The summed E-state index contributed by atoms with van der Waals surface area (Å²) in [7, 11) is 0. The van der Waals surface area contributed by atoms with E-state index in [0.717, 1.165) is 17.2 Å². The van der Waals surface area contributed by atoms with Crippen molar-refractivity contribution in [2.75, 3.05) is 0 Å². The van der Waals surface area contributed by atoms with E-state index in [4.69, 9.17) is 0 Å². The van der Waals surface area contributed by atoms with Gasteiger partial charge in [0, 0.05) is 11.5 Å². The van der Waals surface area contributed by atoms with Crippen LogP contribution in [0.4, 0.5) is 0 Å². The topological polar surface area (TPSA) is 41.6 Å². The lowest BCUT2D eigenvalue weighted by Crippen LogP contribution is -2.10. The zero-order valence-electron chi connectivity index (χ0n) is 12.6. The molecule has 1 fully saturated rings. The second-order valence-corrected chi connectivity index (χ2v) is 6.85. The number of nitrogens with one attached hydrogen (secondary N) is 1. The van der Waals surface area contributed by atoms with Gasteiger partial charge in [0.1, 0.15) is 5.82 Å². The van der Waals surface area contributed by atoms with Gasteiger partial charge in [-0.05, 0) is 23.8 Å². The average Bonchev–Trinajstić information content (AvgIpc) is 3.09. The molecular formula is C17H23N3. The van der Waals surface area contributed by atoms with E-state index in [1.807, 2.05) is 0 Å². The molecule has 0 amide bonds. The highest BCUT2D eigenvalue weighted by Gasteiger charge is 2.21. The first kappa shape index (κ1) is 13.3. The third-order valence-electron chi connectivity index (χ3n) is 4.25. The Labute approximate surface area is 120 Å². The first-order chi connectivity index (χ1) is 9.54. The number of H-pyrrole nitrogens is 1. The summed E-state index contributed by atoms with van der Waals surface area (Å²) in [6.07, 6.45) is 5.14. The molecule has 0 bridgehead atoms. The largest absolute Gasteiger partial charge is 0.262 e. The minimum absolute atomic E-state index is 0.187. The smallest absolute Gasteiger partial charge is 0.181 e. The normalized spacial score (nSPS) is 16.8. The number of aromatic nitrogens is 3. The van der Waals surface area contributed by atoms with E-state index in [1.165, 1.54) is 31.2 Å². The maximum atomic E-state index is 4.69. The van der Waals surface area contributed by atoms with Crippen molar-refractivity contribution in [1.29, 1.82) is 0 Å². The van der Waals surface area contributed by atoms with E-state index >= 15 is 0 Å². The fourth-order valence-electron chi connectivity index (χ4n) is 2.90. The van der Waals surface area contributed by atoms with Gasteiger partial charge in [-0.1, -0.05) is 57.9 Å². The molecule has 20 heavy (non-hydrogen) atoms. The molecule has 1 aromatic heterocycles. The molecule has 106 valence electrons. The molecule has 1 aromatic carbocycles. The molecule has 0 radical (unpaired) electrons. The Bertz CT molecular complexity index is 569. The third-order valence-corrected chi connectivity index (χ3v) is 4.25. The Kier molecular flexibility index (Phi) is 3.36. The number of aromatic amines is 1. The number of rotatable bonds is 2. The molecular weight excluding hydrogens is 246 g/mol. The average molecular weight is 269 g/mol. The summed E-state index contributed by atoms with van der Waals surface area (Å²) in [6, 6.07) is 8.62. The predicted molar refractivity (Wildman–Crippen MR) is 81.7 cm³/mol. The van der Waals surface area contributed by atoms with Crippen LogP contribution in [0.3, 0.4) is 0 Å². The van der Waals surface area contributed by atoms with E-state index in [1.54, 1.807) is 0 Å². The fourth-order valence-corrected chi connectivity index (χ4v) is 2.90. The molecule has 0 spiro atoms. The van der Waals surface area contributed by atoms with Crippen molar-refractivity contribution in [2.45, 2.75) is 57.8 Å². The highest BCUT2D eigenvalue weighted by molar-refractivity contribution is 5.55. The lowest BCUT2D eigenvalue weighted by atomic mass is 9.87. The predicted octanol–water partition coefficient (Wildman–Crippen LogP) is 4.43. The zero-order chi connectivity index (χ0) is 14.2. The first-order valence-electron chi connectivity index (χ1n) is 7.57. The van der Waals surface area contributed by atoms with Crippen molar-refractivity contribution in [1.82, 2.24) is 15.2 Å². The molecule has 0 atom stereocenters. The second-order valence-electron chi connectivity index (χ2n) is 6.85. The van der Waals surface area contributed by atoms with E-state index in [-0.39, 0.29) is 5.41 Å². The van der Waals surface area contributed by atoms with Crippen LogP contribution in [-0.4, -0.2) is 15.2 Å². The zero-order valence-corrected chi connectivity index (χ0v) is 12.6. The van der Waals surface area contributed by atoms with Crippen molar-refractivity contribution < 1.29 is 0 Å². The Balaban J connectivity index is 1.82.